The first kappa shape index (κ1) is 19.6. The highest BCUT2D eigenvalue weighted by atomic mass is 16.6. The lowest BCUT2D eigenvalue weighted by molar-refractivity contribution is -0.384. The average molecular weight is 425 g/mol. The molecule has 0 radical (unpaired) electrons. The molecule has 0 fully saturated rings. The zero-order chi connectivity index (χ0) is 22.1. The standard InChI is InChI=1S/C24H19N5O3/c30-23(19-12-7-13-20(14-19)29(31)32)27-21(17-8-3-1-4-9-17)15-22(18-10-5-2-6-11-18)28-24(27)25-16-26-28/h1-14,16,21-22H,15H2/t21-,22+/m1/s1. The summed E-state index contributed by atoms with van der Waals surface area (Å²) < 4.78 is 1.75. The van der Waals surface area contributed by atoms with Crippen LogP contribution in [0.5, 0.6) is 0 Å². The first-order valence-electron chi connectivity index (χ1n) is 10.2. The van der Waals surface area contributed by atoms with Crippen LogP contribution in [0.15, 0.2) is 91.3 Å². The van der Waals surface area contributed by atoms with Crippen molar-refractivity contribution >= 4 is 17.5 Å². The van der Waals surface area contributed by atoms with Gasteiger partial charge in [0.2, 0.25) is 5.95 Å². The van der Waals surface area contributed by atoms with Gasteiger partial charge in [-0.2, -0.15) is 10.1 Å². The minimum Gasteiger partial charge on any atom is -0.269 e. The van der Waals surface area contributed by atoms with E-state index >= 15 is 0 Å². The van der Waals surface area contributed by atoms with Gasteiger partial charge >= 0.3 is 0 Å². The molecule has 1 aromatic heterocycles. The Labute approximate surface area is 183 Å². The normalized spacial score (nSPS) is 17.6. The Kier molecular flexibility index (Phi) is 4.95. The van der Waals surface area contributed by atoms with Crippen molar-refractivity contribution in [2.75, 3.05) is 4.90 Å². The smallest absolute Gasteiger partial charge is 0.269 e. The third-order valence-electron chi connectivity index (χ3n) is 5.71. The second-order valence-corrected chi connectivity index (χ2v) is 7.58. The summed E-state index contributed by atoms with van der Waals surface area (Å²) in [5, 5.41) is 15.7. The third-order valence-corrected chi connectivity index (χ3v) is 5.71. The first-order chi connectivity index (χ1) is 15.6. The van der Waals surface area contributed by atoms with Gasteiger partial charge in [-0.3, -0.25) is 19.8 Å². The van der Waals surface area contributed by atoms with Crippen LogP contribution >= 0.6 is 0 Å². The third kappa shape index (κ3) is 3.41. The number of non-ortho nitro benzene ring substituents is 1. The molecule has 0 aliphatic carbocycles. The second-order valence-electron chi connectivity index (χ2n) is 7.58. The van der Waals surface area contributed by atoms with Gasteiger partial charge in [-0.1, -0.05) is 66.7 Å². The predicted octanol–water partition coefficient (Wildman–Crippen LogP) is 4.57. The fraction of sp³-hybridized carbons (Fsp3) is 0.125. The van der Waals surface area contributed by atoms with Gasteiger partial charge in [0.15, 0.2) is 0 Å². The summed E-state index contributed by atoms with van der Waals surface area (Å²) in [6.45, 7) is 0. The fourth-order valence-corrected chi connectivity index (χ4v) is 4.23. The molecule has 0 saturated carbocycles. The van der Waals surface area contributed by atoms with Gasteiger partial charge in [0.25, 0.3) is 11.6 Å². The quantitative estimate of drug-likeness (QED) is 0.353. The molecule has 158 valence electrons. The van der Waals surface area contributed by atoms with Crippen LogP contribution in [-0.4, -0.2) is 25.6 Å². The van der Waals surface area contributed by atoms with Gasteiger partial charge in [0.05, 0.1) is 17.0 Å². The molecule has 1 aliphatic heterocycles. The van der Waals surface area contributed by atoms with Crippen molar-refractivity contribution in [3.05, 3.63) is 118 Å². The van der Waals surface area contributed by atoms with Crippen LogP contribution in [0.25, 0.3) is 0 Å². The van der Waals surface area contributed by atoms with Crippen molar-refractivity contribution in [1.82, 2.24) is 14.8 Å². The molecule has 3 aromatic carbocycles. The molecule has 1 aliphatic rings. The van der Waals surface area contributed by atoms with Gasteiger partial charge in [-0.15, -0.1) is 0 Å². The molecule has 2 atom stereocenters. The van der Waals surface area contributed by atoms with Gasteiger partial charge in [0, 0.05) is 17.7 Å². The number of hydrogen-bond donors (Lipinski definition) is 0. The maximum Gasteiger partial charge on any atom is 0.270 e. The van der Waals surface area contributed by atoms with Crippen molar-refractivity contribution in [1.29, 1.82) is 0 Å². The second kappa shape index (κ2) is 8.07. The van der Waals surface area contributed by atoms with Gasteiger partial charge in [-0.25, -0.2) is 4.68 Å². The SMILES string of the molecule is O=C(c1cccc([N+](=O)[O-])c1)N1c2ncnn2[C@H](c2ccccc2)C[C@@H]1c1ccccc1. The molecule has 2 heterocycles. The van der Waals surface area contributed by atoms with Gasteiger partial charge < -0.3 is 0 Å². The van der Waals surface area contributed by atoms with Gasteiger partial charge in [0.1, 0.15) is 6.33 Å². The first-order valence-corrected chi connectivity index (χ1v) is 10.2. The van der Waals surface area contributed by atoms with Crippen LogP contribution in [0, 0.1) is 10.1 Å². The van der Waals surface area contributed by atoms with E-state index in [2.05, 4.69) is 10.1 Å². The van der Waals surface area contributed by atoms with E-state index in [1.54, 1.807) is 15.6 Å². The number of carbonyl (C=O) groups excluding carboxylic acids is 1. The number of aromatic nitrogens is 3. The molecule has 0 N–H and O–H groups in total. The molecular formula is C24H19N5O3. The molecule has 8 nitrogen and oxygen atoms in total. The Morgan fingerprint density at radius 3 is 2.22 bits per heavy atom. The molecule has 8 heteroatoms. The number of nitrogens with zero attached hydrogens (tertiary/aromatic N) is 5. The van der Waals surface area contributed by atoms with Crippen LogP contribution < -0.4 is 4.90 Å². The number of fused-ring (bicyclic) bond motifs is 1. The maximum atomic E-state index is 13.7. The molecule has 0 unspecified atom stereocenters. The molecule has 0 spiro atoms. The fourth-order valence-electron chi connectivity index (χ4n) is 4.23. The monoisotopic (exact) mass is 425 g/mol. The summed E-state index contributed by atoms with van der Waals surface area (Å²) in [5.41, 5.74) is 2.13. The summed E-state index contributed by atoms with van der Waals surface area (Å²) in [7, 11) is 0. The summed E-state index contributed by atoms with van der Waals surface area (Å²) >= 11 is 0. The number of amides is 1. The van der Waals surface area contributed by atoms with Crippen LogP contribution in [0.1, 0.15) is 40.0 Å². The lowest BCUT2D eigenvalue weighted by Crippen LogP contribution is -2.42. The summed E-state index contributed by atoms with van der Waals surface area (Å²) in [5.74, 6) is 0.0544. The van der Waals surface area contributed by atoms with E-state index in [0.717, 1.165) is 11.1 Å². The zero-order valence-electron chi connectivity index (χ0n) is 17.0. The number of carbonyl (C=O) groups is 1. The van der Waals surface area contributed by atoms with Crippen molar-refractivity contribution in [3.8, 4) is 0 Å². The molecule has 5 rings (SSSR count). The Bertz CT molecular complexity index is 1270. The molecule has 0 bridgehead atoms. The van der Waals surface area contributed by atoms with E-state index in [0.29, 0.717) is 12.4 Å². The highest BCUT2D eigenvalue weighted by Gasteiger charge is 2.39. The predicted molar refractivity (Wildman–Crippen MR) is 118 cm³/mol. The highest BCUT2D eigenvalue weighted by Crippen LogP contribution is 2.42. The van der Waals surface area contributed by atoms with E-state index in [1.165, 1.54) is 24.5 Å². The van der Waals surface area contributed by atoms with E-state index in [9.17, 15) is 14.9 Å². The number of hydrogen-bond acceptors (Lipinski definition) is 5. The molecule has 32 heavy (non-hydrogen) atoms. The van der Waals surface area contributed by atoms with Crippen molar-refractivity contribution in [2.45, 2.75) is 18.5 Å². The molecule has 4 aromatic rings. The summed E-state index contributed by atoms with van der Waals surface area (Å²) in [6.07, 6.45) is 2.03. The lowest BCUT2D eigenvalue weighted by Gasteiger charge is -2.39. The number of benzene rings is 3. The van der Waals surface area contributed by atoms with Crippen LogP contribution in [0.3, 0.4) is 0 Å². The zero-order valence-corrected chi connectivity index (χ0v) is 17.0. The summed E-state index contributed by atoms with van der Waals surface area (Å²) in [6, 6.07) is 25.1. The Morgan fingerprint density at radius 1 is 0.906 bits per heavy atom. The van der Waals surface area contributed by atoms with E-state index in [1.807, 2.05) is 60.7 Å². The highest BCUT2D eigenvalue weighted by molar-refractivity contribution is 6.06. The van der Waals surface area contributed by atoms with E-state index in [4.69, 9.17) is 0 Å². The average Bonchev–Trinajstić information content (AvgIpc) is 3.33. The Balaban J connectivity index is 1.64. The van der Waals surface area contributed by atoms with Crippen LogP contribution in [0.4, 0.5) is 11.6 Å². The number of nitro benzene ring substituents is 1. The number of anilines is 1. The largest absolute Gasteiger partial charge is 0.270 e. The van der Waals surface area contributed by atoms with E-state index < -0.39 is 4.92 Å². The maximum absolute atomic E-state index is 13.7. The Morgan fingerprint density at radius 2 is 1.56 bits per heavy atom. The van der Waals surface area contributed by atoms with Crippen LogP contribution in [-0.2, 0) is 0 Å². The van der Waals surface area contributed by atoms with Crippen molar-refractivity contribution in [2.24, 2.45) is 0 Å². The minimum absolute atomic E-state index is 0.104. The minimum atomic E-state index is -0.504. The number of nitro groups is 1. The molecule has 0 saturated heterocycles. The number of rotatable bonds is 4. The lowest BCUT2D eigenvalue weighted by atomic mass is 9.91. The van der Waals surface area contributed by atoms with Crippen LogP contribution in [0.2, 0.25) is 0 Å². The Hall–Kier alpha value is -4.33. The van der Waals surface area contributed by atoms with E-state index in [-0.39, 0.29) is 29.2 Å². The van der Waals surface area contributed by atoms with Gasteiger partial charge in [-0.05, 0) is 23.6 Å². The molecule has 1 amide bonds. The van der Waals surface area contributed by atoms with Crippen molar-refractivity contribution < 1.29 is 9.72 Å². The van der Waals surface area contributed by atoms with Crippen molar-refractivity contribution in [3.63, 3.8) is 0 Å². The topological polar surface area (TPSA) is 94.2 Å². The summed E-state index contributed by atoms with van der Waals surface area (Å²) in [4.78, 5) is 30.4. The molecular weight excluding hydrogens is 406 g/mol.